The van der Waals surface area contributed by atoms with Gasteiger partial charge in [-0.2, -0.15) is 18.3 Å². The maximum atomic E-state index is 13.5. The third-order valence-corrected chi connectivity index (χ3v) is 6.57. The van der Waals surface area contributed by atoms with Gasteiger partial charge in [-0.25, -0.2) is 9.50 Å². The lowest BCUT2D eigenvalue weighted by Crippen LogP contribution is -2.32. The molecule has 1 atom stereocenters. The highest BCUT2D eigenvalue weighted by molar-refractivity contribution is 5.83. The number of fused-ring (bicyclic) bond motifs is 1. The van der Waals surface area contributed by atoms with Crippen molar-refractivity contribution in [3.8, 4) is 28.1 Å². The van der Waals surface area contributed by atoms with E-state index in [0.29, 0.717) is 41.6 Å². The Morgan fingerprint density at radius 2 is 1.86 bits per heavy atom. The Kier molecular flexibility index (Phi) is 6.34. The molecule has 0 spiro atoms. The fourth-order valence-electron chi connectivity index (χ4n) is 4.87. The fourth-order valence-corrected chi connectivity index (χ4v) is 4.87. The van der Waals surface area contributed by atoms with E-state index in [-0.39, 0.29) is 12.6 Å². The molecule has 188 valence electrons. The minimum absolute atomic E-state index is 0.0181. The summed E-state index contributed by atoms with van der Waals surface area (Å²) in [4.78, 5) is 6.96. The molecule has 4 aromatic rings. The molecule has 0 amide bonds. The molecule has 0 saturated carbocycles. The molecule has 2 aromatic heterocycles. The molecule has 0 aliphatic carbocycles. The molecule has 9 heteroatoms. The number of aliphatic hydroxyl groups excluding tert-OH is 1. The average Bonchev–Trinajstić information content (AvgIpc) is 3.47. The summed E-state index contributed by atoms with van der Waals surface area (Å²) in [5, 5.41) is 14.6. The Morgan fingerprint density at radius 1 is 1.08 bits per heavy atom. The van der Waals surface area contributed by atoms with Crippen LogP contribution in [0, 0.1) is 6.92 Å². The molecule has 0 radical (unpaired) electrons. The summed E-state index contributed by atoms with van der Waals surface area (Å²) in [7, 11) is 0. The first-order valence-electron chi connectivity index (χ1n) is 12.0. The van der Waals surface area contributed by atoms with Crippen LogP contribution in [0.4, 0.5) is 19.0 Å². The van der Waals surface area contributed by atoms with Gasteiger partial charge in [-0.15, -0.1) is 0 Å². The zero-order chi connectivity index (χ0) is 25.4. The van der Waals surface area contributed by atoms with Crippen molar-refractivity contribution in [3.63, 3.8) is 0 Å². The van der Waals surface area contributed by atoms with Gasteiger partial charge in [0.2, 0.25) is 0 Å². The molecule has 1 unspecified atom stereocenters. The van der Waals surface area contributed by atoms with Crippen molar-refractivity contribution in [2.45, 2.75) is 38.9 Å². The van der Waals surface area contributed by atoms with E-state index in [1.807, 2.05) is 43.0 Å². The van der Waals surface area contributed by atoms with E-state index in [4.69, 9.17) is 14.8 Å². The van der Waals surface area contributed by atoms with E-state index in [1.54, 1.807) is 16.6 Å². The van der Waals surface area contributed by atoms with Crippen molar-refractivity contribution in [3.05, 3.63) is 65.9 Å². The highest BCUT2D eigenvalue weighted by Gasteiger charge is 2.31. The van der Waals surface area contributed by atoms with Crippen LogP contribution >= 0.6 is 0 Å². The largest absolute Gasteiger partial charge is 0.494 e. The van der Waals surface area contributed by atoms with Crippen molar-refractivity contribution in [1.82, 2.24) is 14.6 Å². The highest BCUT2D eigenvalue weighted by Crippen LogP contribution is 2.37. The molecule has 1 saturated heterocycles. The minimum Gasteiger partial charge on any atom is -0.494 e. The van der Waals surface area contributed by atoms with Crippen LogP contribution in [0.25, 0.3) is 28.0 Å². The second-order valence-corrected chi connectivity index (χ2v) is 8.90. The van der Waals surface area contributed by atoms with Gasteiger partial charge in [-0.3, -0.25) is 0 Å². The topological polar surface area (TPSA) is 62.9 Å². The van der Waals surface area contributed by atoms with Crippen LogP contribution in [0.2, 0.25) is 0 Å². The first-order valence-corrected chi connectivity index (χ1v) is 12.0. The first-order chi connectivity index (χ1) is 17.3. The molecule has 5 rings (SSSR count). The monoisotopic (exact) mass is 496 g/mol. The number of aliphatic hydroxyl groups is 1. The summed E-state index contributed by atoms with van der Waals surface area (Å²) in [6.45, 7) is 5.03. The summed E-state index contributed by atoms with van der Waals surface area (Å²) in [5.41, 5.74) is 3.10. The van der Waals surface area contributed by atoms with Crippen LogP contribution in [0.5, 0.6) is 5.75 Å². The zero-order valence-corrected chi connectivity index (χ0v) is 20.1. The number of hydrogen-bond donors (Lipinski definition) is 1. The van der Waals surface area contributed by atoms with Gasteiger partial charge in [0.1, 0.15) is 11.6 Å². The second kappa shape index (κ2) is 9.46. The van der Waals surface area contributed by atoms with E-state index >= 15 is 0 Å². The summed E-state index contributed by atoms with van der Waals surface area (Å²) in [6, 6.07) is 14.5. The Bertz CT molecular complexity index is 1380. The van der Waals surface area contributed by atoms with Crippen LogP contribution in [0.1, 0.15) is 31.0 Å². The second-order valence-electron chi connectivity index (χ2n) is 8.90. The van der Waals surface area contributed by atoms with Gasteiger partial charge in [0.05, 0.1) is 36.2 Å². The molecule has 1 N–H and O–H groups in total. The van der Waals surface area contributed by atoms with Gasteiger partial charge in [0.25, 0.3) is 0 Å². The average molecular weight is 497 g/mol. The van der Waals surface area contributed by atoms with Gasteiger partial charge in [0.15, 0.2) is 5.65 Å². The lowest BCUT2D eigenvalue weighted by molar-refractivity contribution is -0.137. The number of hydrogen-bond acceptors (Lipinski definition) is 5. The SMILES string of the molecule is CCOc1ccc(-c2c(C)nn3c(-c4cccc(C(F)(F)F)c4)cc(N4CCCC4CO)nc23)cc1. The van der Waals surface area contributed by atoms with Gasteiger partial charge in [0, 0.05) is 23.7 Å². The van der Waals surface area contributed by atoms with E-state index in [1.165, 1.54) is 6.07 Å². The summed E-state index contributed by atoms with van der Waals surface area (Å²) >= 11 is 0. The number of alkyl halides is 3. The summed E-state index contributed by atoms with van der Waals surface area (Å²) in [6.07, 6.45) is -2.73. The molecule has 1 aliphatic rings. The number of halogens is 3. The van der Waals surface area contributed by atoms with Gasteiger partial charge in [-0.1, -0.05) is 24.3 Å². The quantitative estimate of drug-likeness (QED) is 0.368. The molecule has 3 heterocycles. The van der Waals surface area contributed by atoms with Gasteiger partial charge >= 0.3 is 6.18 Å². The number of aromatic nitrogens is 3. The molecule has 0 bridgehead atoms. The van der Waals surface area contributed by atoms with Crippen molar-refractivity contribution in [2.75, 3.05) is 24.7 Å². The summed E-state index contributed by atoms with van der Waals surface area (Å²) < 4.78 is 47.7. The molecule has 1 fully saturated rings. The first kappa shape index (κ1) is 24.1. The normalized spacial score (nSPS) is 16.2. The van der Waals surface area contributed by atoms with E-state index in [9.17, 15) is 18.3 Å². The number of anilines is 1. The van der Waals surface area contributed by atoms with Gasteiger partial charge in [-0.05, 0) is 56.5 Å². The van der Waals surface area contributed by atoms with Crippen LogP contribution in [-0.4, -0.2) is 45.5 Å². The molecular weight excluding hydrogens is 469 g/mol. The zero-order valence-electron chi connectivity index (χ0n) is 20.1. The van der Waals surface area contributed by atoms with Crippen molar-refractivity contribution >= 4 is 11.5 Å². The van der Waals surface area contributed by atoms with E-state index in [2.05, 4.69) is 0 Å². The Hall–Kier alpha value is -3.59. The molecule has 36 heavy (non-hydrogen) atoms. The lowest BCUT2D eigenvalue weighted by Gasteiger charge is -2.25. The smallest absolute Gasteiger partial charge is 0.416 e. The number of nitrogens with zero attached hydrogens (tertiary/aromatic N) is 4. The summed E-state index contributed by atoms with van der Waals surface area (Å²) in [5.74, 6) is 1.36. The fraction of sp³-hybridized carbons (Fsp3) is 0.333. The number of rotatable bonds is 6. The maximum Gasteiger partial charge on any atom is 0.416 e. The predicted octanol–water partition coefficient (Wildman–Crippen LogP) is 5.75. The Balaban J connectivity index is 1.73. The standard InChI is InChI=1S/C27H27F3N4O2/c1-3-36-22-11-9-18(10-12-22)25-17(2)32-34-23(19-6-4-7-20(14-19)27(28,29)30)15-24(31-26(25)34)33-13-5-8-21(33)16-35/h4,6-7,9-12,14-15,21,35H,3,5,8,13,16H2,1-2H3. The molecular formula is C27H27F3N4O2. The Morgan fingerprint density at radius 3 is 2.56 bits per heavy atom. The van der Waals surface area contributed by atoms with Crippen LogP contribution in [0.3, 0.4) is 0 Å². The molecule has 2 aromatic carbocycles. The van der Waals surface area contributed by atoms with E-state index < -0.39 is 11.7 Å². The number of ether oxygens (including phenoxy) is 1. The van der Waals surface area contributed by atoms with Crippen LogP contribution in [-0.2, 0) is 6.18 Å². The third kappa shape index (κ3) is 4.39. The highest BCUT2D eigenvalue weighted by atomic mass is 19.4. The van der Waals surface area contributed by atoms with Crippen molar-refractivity contribution in [1.29, 1.82) is 0 Å². The van der Waals surface area contributed by atoms with Crippen molar-refractivity contribution in [2.24, 2.45) is 0 Å². The number of aryl methyl sites for hydroxylation is 1. The predicted molar refractivity (Wildman–Crippen MR) is 132 cm³/mol. The maximum absolute atomic E-state index is 13.5. The van der Waals surface area contributed by atoms with Crippen LogP contribution in [0.15, 0.2) is 54.6 Å². The molecule has 1 aliphatic heterocycles. The third-order valence-electron chi connectivity index (χ3n) is 6.57. The van der Waals surface area contributed by atoms with Gasteiger partial charge < -0.3 is 14.7 Å². The van der Waals surface area contributed by atoms with Crippen molar-refractivity contribution < 1.29 is 23.0 Å². The van der Waals surface area contributed by atoms with E-state index in [0.717, 1.165) is 41.9 Å². The van der Waals surface area contributed by atoms with Crippen LogP contribution < -0.4 is 9.64 Å². The molecule has 6 nitrogen and oxygen atoms in total. The lowest BCUT2D eigenvalue weighted by atomic mass is 10.1. The minimum atomic E-state index is -4.46. The number of benzene rings is 2. The Labute approximate surface area is 207 Å².